The molecule has 24 heavy (non-hydrogen) atoms. The van der Waals surface area contributed by atoms with Gasteiger partial charge in [-0.25, -0.2) is 5.48 Å². The Hall–Kier alpha value is -2.44. The number of hydrogen-bond donors (Lipinski definition) is 2. The lowest BCUT2D eigenvalue weighted by atomic mass is 10.1. The van der Waals surface area contributed by atoms with Gasteiger partial charge in [-0.05, 0) is 42.7 Å². The van der Waals surface area contributed by atoms with Gasteiger partial charge in [0.25, 0.3) is 5.91 Å². The van der Waals surface area contributed by atoms with Gasteiger partial charge >= 0.3 is 0 Å². The average Bonchev–Trinajstić information content (AvgIpc) is 3.14. The highest BCUT2D eigenvalue weighted by Crippen LogP contribution is 2.16. The Morgan fingerprint density at radius 2 is 2.08 bits per heavy atom. The highest BCUT2D eigenvalue weighted by atomic mass is 16.7. The van der Waals surface area contributed by atoms with E-state index in [2.05, 4.69) is 15.8 Å². The maximum absolute atomic E-state index is 12.3. The molecule has 6 nitrogen and oxygen atoms in total. The number of rotatable bonds is 7. The number of benzene rings is 1. The van der Waals surface area contributed by atoms with Gasteiger partial charge < -0.3 is 10.1 Å². The maximum Gasteiger partial charge on any atom is 0.276 e. The fourth-order valence-electron chi connectivity index (χ4n) is 2.56. The molecule has 1 aromatic heterocycles. The van der Waals surface area contributed by atoms with E-state index in [1.54, 1.807) is 18.5 Å². The van der Waals surface area contributed by atoms with E-state index in [-0.39, 0.29) is 12.0 Å². The molecule has 2 heterocycles. The Morgan fingerprint density at radius 1 is 1.25 bits per heavy atom. The molecule has 6 heteroatoms. The highest BCUT2D eigenvalue weighted by Gasteiger charge is 2.17. The first-order valence-electron chi connectivity index (χ1n) is 8.08. The monoisotopic (exact) mass is 327 g/mol. The predicted molar refractivity (Wildman–Crippen MR) is 90.4 cm³/mol. The van der Waals surface area contributed by atoms with Crippen LogP contribution in [0, 0.1) is 0 Å². The van der Waals surface area contributed by atoms with Crippen molar-refractivity contribution in [2.75, 3.05) is 18.5 Å². The largest absolute Gasteiger partial charge is 0.380 e. The van der Waals surface area contributed by atoms with Crippen molar-refractivity contribution in [1.82, 2.24) is 10.5 Å². The number of pyridine rings is 1. The number of aromatic nitrogens is 1. The van der Waals surface area contributed by atoms with Gasteiger partial charge in [-0.3, -0.25) is 14.6 Å². The summed E-state index contributed by atoms with van der Waals surface area (Å²) in [6, 6.07) is 11.2. The van der Waals surface area contributed by atoms with Crippen LogP contribution in [0.2, 0.25) is 0 Å². The Labute approximate surface area is 141 Å². The summed E-state index contributed by atoms with van der Waals surface area (Å²) in [7, 11) is 0. The number of hydrogen-bond acceptors (Lipinski definition) is 5. The SMILES string of the molecule is O=C(NOC[C@H]1CCCO1)c1ccccc1NCc1ccncc1. The highest BCUT2D eigenvalue weighted by molar-refractivity contribution is 5.98. The third kappa shape index (κ3) is 4.53. The van der Waals surface area contributed by atoms with Crippen LogP contribution in [0.5, 0.6) is 0 Å². The zero-order chi connectivity index (χ0) is 16.6. The number of nitrogens with zero attached hydrogens (tertiary/aromatic N) is 1. The smallest absolute Gasteiger partial charge is 0.276 e. The minimum Gasteiger partial charge on any atom is -0.380 e. The molecule has 3 rings (SSSR count). The Morgan fingerprint density at radius 3 is 2.88 bits per heavy atom. The zero-order valence-electron chi connectivity index (χ0n) is 13.4. The van der Waals surface area contributed by atoms with Crippen LogP contribution in [-0.4, -0.2) is 30.2 Å². The number of nitrogens with one attached hydrogen (secondary N) is 2. The van der Waals surface area contributed by atoms with Gasteiger partial charge in [-0.15, -0.1) is 0 Å². The first kappa shape index (κ1) is 16.4. The number of anilines is 1. The van der Waals surface area contributed by atoms with Gasteiger partial charge in [-0.2, -0.15) is 0 Å². The van der Waals surface area contributed by atoms with Crippen LogP contribution in [0.1, 0.15) is 28.8 Å². The zero-order valence-corrected chi connectivity index (χ0v) is 13.4. The van der Waals surface area contributed by atoms with E-state index in [4.69, 9.17) is 9.57 Å². The minimum absolute atomic E-state index is 0.0744. The molecule has 2 N–H and O–H groups in total. The van der Waals surface area contributed by atoms with Crippen LogP contribution in [-0.2, 0) is 16.1 Å². The second kappa shape index (κ2) is 8.42. The Bertz CT molecular complexity index is 658. The van der Waals surface area contributed by atoms with E-state index in [1.165, 1.54) is 0 Å². The third-order valence-electron chi connectivity index (χ3n) is 3.86. The molecule has 126 valence electrons. The van der Waals surface area contributed by atoms with Crippen molar-refractivity contribution in [3.05, 3.63) is 59.9 Å². The quantitative estimate of drug-likeness (QED) is 0.765. The van der Waals surface area contributed by atoms with Crippen LogP contribution in [0.3, 0.4) is 0 Å². The summed E-state index contributed by atoms with van der Waals surface area (Å²) < 4.78 is 5.46. The van der Waals surface area contributed by atoms with Crippen LogP contribution >= 0.6 is 0 Å². The van der Waals surface area contributed by atoms with Gasteiger partial charge in [0, 0.05) is 31.2 Å². The lowest BCUT2D eigenvalue weighted by molar-refractivity contribution is -0.0220. The molecule has 1 aromatic carbocycles. The fraction of sp³-hybridized carbons (Fsp3) is 0.333. The summed E-state index contributed by atoms with van der Waals surface area (Å²) in [6.07, 6.45) is 5.58. The summed E-state index contributed by atoms with van der Waals surface area (Å²) in [5.74, 6) is -0.272. The van der Waals surface area contributed by atoms with Crippen molar-refractivity contribution >= 4 is 11.6 Å². The minimum atomic E-state index is -0.272. The third-order valence-corrected chi connectivity index (χ3v) is 3.86. The first-order valence-corrected chi connectivity index (χ1v) is 8.08. The Kier molecular flexibility index (Phi) is 5.76. The van der Waals surface area contributed by atoms with Crippen LogP contribution < -0.4 is 10.8 Å². The number of carbonyl (C=O) groups excluding carboxylic acids is 1. The van der Waals surface area contributed by atoms with Gasteiger partial charge in [0.05, 0.1) is 11.7 Å². The van der Waals surface area contributed by atoms with Crippen molar-refractivity contribution in [1.29, 1.82) is 0 Å². The number of ether oxygens (including phenoxy) is 1. The van der Waals surface area contributed by atoms with E-state index in [9.17, 15) is 4.79 Å². The molecule has 1 aliphatic heterocycles. The molecule has 0 unspecified atom stereocenters. The molecule has 0 aliphatic carbocycles. The standard InChI is InChI=1S/C18H21N3O3/c22-18(21-24-13-15-4-3-11-23-15)16-5-1-2-6-17(16)20-12-14-7-9-19-10-8-14/h1-2,5-10,15,20H,3-4,11-13H2,(H,21,22)/t15-/m1/s1. The molecular formula is C18H21N3O3. The van der Waals surface area contributed by atoms with Gasteiger partial charge in [0.1, 0.15) is 6.61 Å². The second-order valence-corrected chi connectivity index (χ2v) is 5.63. The summed E-state index contributed by atoms with van der Waals surface area (Å²) in [5.41, 5.74) is 4.89. The second-order valence-electron chi connectivity index (χ2n) is 5.63. The average molecular weight is 327 g/mol. The Balaban J connectivity index is 1.55. The topological polar surface area (TPSA) is 72.5 Å². The van der Waals surface area contributed by atoms with Crippen molar-refractivity contribution in [2.45, 2.75) is 25.5 Å². The van der Waals surface area contributed by atoms with Gasteiger partial charge in [0.15, 0.2) is 0 Å². The molecule has 1 atom stereocenters. The summed E-state index contributed by atoms with van der Waals surface area (Å²) in [4.78, 5) is 21.6. The normalized spacial score (nSPS) is 16.8. The van der Waals surface area contributed by atoms with Crippen molar-refractivity contribution in [3.8, 4) is 0 Å². The molecule has 0 spiro atoms. The first-order chi connectivity index (χ1) is 11.8. The number of para-hydroxylation sites is 1. The van der Waals surface area contributed by atoms with Crippen molar-refractivity contribution in [3.63, 3.8) is 0 Å². The van der Waals surface area contributed by atoms with E-state index >= 15 is 0 Å². The molecule has 1 aliphatic rings. The predicted octanol–water partition coefficient (Wildman–Crippen LogP) is 2.53. The number of carbonyl (C=O) groups is 1. The van der Waals surface area contributed by atoms with Gasteiger partial charge in [-0.1, -0.05) is 12.1 Å². The lowest BCUT2D eigenvalue weighted by Crippen LogP contribution is -2.28. The van der Waals surface area contributed by atoms with Crippen molar-refractivity contribution in [2.24, 2.45) is 0 Å². The molecule has 1 fully saturated rings. The van der Waals surface area contributed by atoms with Crippen LogP contribution in [0.25, 0.3) is 0 Å². The molecule has 1 saturated heterocycles. The molecule has 2 aromatic rings. The molecule has 0 saturated carbocycles. The fourth-order valence-corrected chi connectivity index (χ4v) is 2.56. The van der Waals surface area contributed by atoms with E-state index < -0.39 is 0 Å². The molecular weight excluding hydrogens is 306 g/mol. The molecule has 0 radical (unpaired) electrons. The van der Waals surface area contributed by atoms with Crippen molar-refractivity contribution < 1.29 is 14.4 Å². The summed E-state index contributed by atoms with van der Waals surface area (Å²) >= 11 is 0. The molecule has 0 bridgehead atoms. The van der Waals surface area contributed by atoms with Gasteiger partial charge in [0.2, 0.25) is 0 Å². The number of amides is 1. The van der Waals surface area contributed by atoms with E-state index in [0.29, 0.717) is 18.7 Å². The molecule has 1 amide bonds. The van der Waals surface area contributed by atoms with Crippen LogP contribution in [0.4, 0.5) is 5.69 Å². The van der Waals surface area contributed by atoms with Crippen LogP contribution in [0.15, 0.2) is 48.8 Å². The summed E-state index contributed by atoms with van der Waals surface area (Å²) in [5, 5.41) is 3.27. The van der Waals surface area contributed by atoms with E-state index in [1.807, 2.05) is 30.3 Å². The number of hydroxylamine groups is 1. The maximum atomic E-state index is 12.3. The lowest BCUT2D eigenvalue weighted by Gasteiger charge is -2.13. The summed E-state index contributed by atoms with van der Waals surface area (Å²) in [6.45, 7) is 1.76. The van der Waals surface area contributed by atoms with E-state index in [0.717, 1.165) is 30.7 Å².